The Morgan fingerprint density at radius 2 is 1.86 bits per heavy atom. The van der Waals surface area contributed by atoms with E-state index in [0.717, 1.165) is 25.0 Å². The van der Waals surface area contributed by atoms with Crippen molar-refractivity contribution in [2.45, 2.75) is 32.0 Å². The van der Waals surface area contributed by atoms with Gasteiger partial charge in [0.25, 0.3) is 0 Å². The number of nitrogens with zero attached hydrogens (tertiary/aromatic N) is 1. The first-order chi connectivity index (χ1) is 13.6. The lowest BCUT2D eigenvalue weighted by Crippen LogP contribution is -2.40. The molecule has 1 N–H and O–H groups in total. The van der Waals surface area contributed by atoms with E-state index >= 15 is 0 Å². The predicted octanol–water partition coefficient (Wildman–Crippen LogP) is 3.37. The van der Waals surface area contributed by atoms with Gasteiger partial charge in [-0.2, -0.15) is 0 Å². The van der Waals surface area contributed by atoms with Crippen molar-refractivity contribution in [3.05, 3.63) is 59.2 Å². The van der Waals surface area contributed by atoms with Gasteiger partial charge in [0.2, 0.25) is 5.91 Å². The molecule has 0 spiro atoms. The lowest BCUT2D eigenvalue weighted by Gasteiger charge is -2.27. The number of hydrogen-bond acceptors (Lipinski definition) is 4. The molecule has 2 aliphatic heterocycles. The molecule has 0 aromatic heterocycles. The Bertz CT molecular complexity index is 869. The monoisotopic (exact) mass is 388 g/mol. The molecule has 1 atom stereocenters. The van der Waals surface area contributed by atoms with Crippen molar-refractivity contribution in [3.63, 3.8) is 0 Å². The van der Waals surface area contributed by atoms with Gasteiger partial charge in [0, 0.05) is 43.4 Å². The molecule has 4 rings (SSSR count). The maximum atomic E-state index is 13.7. The Hall–Kier alpha value is -2.51. The molecule has 0 saturated carbocycles. The summed E-state index contributed by atoms with van der Waals surface area (Å²) in [4.78, 5) is 14.3. The summed E-state index contributed by atoms with van der Waals surface area (Å²) >= 11 is 0. The molecule has 2 aliphatic rings. The van der Waals surface area contributed by atoms with Gasteiger partial charge >= 0.3 is 0 Å². The fraction of sp³-hybridized carbons (Fsp3) is 0.381. The van der Waals surface area contributed by atoms with Crippen molar-refractivity contribution < 1.29 is 23.0 Å². The van der Waals surface area contributed by atoms with Crippen LogP contribution < -0.4 is 10.1 Å². The van der Waals surface area contributed by atoms with Gasteiger partial charge in [0.15, 0.2) is 0 Å². The molecule has 28 heavy (non-hydrogen) atoms. The van der Waals surface area contributed by atoms with Gasteiger partial charge in [0.05, 0.1) is 12.6 Å². The highest BCUT2D eigenvalue weighted by molar-refractivity contribution is 5.78. The van der Waals surface area contributed by atoms with Crippen LogP contribution in [-0.2, 0) is 22.6 Å². The van der Waals surface area contributed by atoms with Crippen LogP contribution in [0.4, 0.5) is 8.78 Å². The van der Waals surface area contributed by atoms with E-state index in [1.807, 2.05) is 4.90 Å². The maximum Gasteiger partial charge on any atom is 0.234 e. The van der Waals surface area contributed by atoms with E-state index in [-0.39, 0.29) is 24.4 Å². The number of benzene rings is 2. The standard InChI is InChI=1S/C21H22F2N2O3/c22-16-5-6-19-15(8-16)12-25(11-14-3-4-17(23)9-20(14)28-19)13-21(26)24-10-18-2-1-7-27-18/h3-6,8-9,18H,1-2,7,10-13H2,(H,24,26). The third-order valence-corrected chi connectivity index (χ3v) is 4.98. The Balaban J connectivity index is 1.52. The number of fused-ring (bicyclic) bond motifs is 2. The van der Waals surface area contributed by atoms with Crippen LogP contribution in [0.5, 0.6) is 11.5 Å². The lowest BCUT2D eigenvalue weighted by molar-refractivity contribution is -0.123. The first-order valence-corrected chi connectivity index (χ1v) is 9.42. The third-order valence-electron chi connectivity index (χ3n) is 4.98. The molecule has 2 aromatic carbocycles. The van der Waals surface area contributed by atoms with Crippen molar-refractivity contribution >= 4 is 5.91 Å². The second-order valence-corrected chi connectivity index (χ2v) is 7.19. The summed E-state index contributed by atoms with van der Waals surface area (Å²) in [7, 11) is 0. The van der Waals surface area contributed by atoms with Crippen molar-refractivity contribution in [1.29, 1.82) is 0 Å². The van der Waals surface area contributed by atoms with Crippen LogP contribution in [0.1, 0.15) is 24.0 Å². The molecule has 1 saturated heterocycles. The van der Waals surface area contributed by atoms with Gasteiger partial charge in [0.1, 0.15) is 23.1 Å². The van der Waals surface area contributed by atoms with E-state index in [2.05, 4.69) is 5.32 Å². The van der Waals surface area contributed by atoms with Crippen LogP contribution in [0.3, 0.4) is 0 Å². The maximum absolute atomic E-state index is 13.7. The Labute approximate surface area is 162 Å². The fourth-order valence-electron chi connectivity index (χ4n) is 3.59. The molecule has 2 aromatic rings. The quantitative estimate of drug-likeness (QED) is 0.873. The molecule has 5 nitrogen and oxygen atoms in total. The molecular weight excluding hydrogens is 366 g/mol. The predicted molar refractivity (Wildman–Crippen MR) is 99.0 cm³/mol. The Morgan fingerprint density at radius 1 is 1.07 bits per heavy atom. The van der Waals surface area contributed by atoms with Crippen LogP contribution in [0.2, 0.25) is 0 Å². The van der Waals surface area contributed by atoms with Gasteiger partial charge < -0.3 is 14.8 Å². The van der Waals surface area contributed by atoms with E-state index < -0.39 is 5.82 Å². The van der Waals surface area contributed by atoms with Crippen molar-refractivity contribution in [1.82, 2.24) is 10.2 Å². The second kappa shape index (κ2) is 8.24. The fourth-order valence-corrected chi connectivity index (χ4v) is 3.59. The van der Waals surface area contributed by atoms with Crippen LogP contribution >= 0.6 is 0 Å². The first kappa shape index (κ1) is 18.8. The second-order valence-electron chi connectivity index (χ2n) is 7.19. The van der Waals surface area contributed by atoms with Gasteiger partial charge in [-0.05, 0) is 37.1 Å². The van der Waals surface area contributed by atoms with Gasteiger partial charge in [-0.3, -0.25) is 9.69 Å². The van der Waals surface area contributed by atoms with Gasteiger partial charge in [-0.25, -0.2) is 8.78 Å². The number of carbonyl (C=O) groups excluding carboxylic acids is 1. The zero-order chi connectivity index (χ0) is 19.5. The summed E-state index contributed by atoms with van der Waals surface area (Å²) in [6.07, 6.45) is 2.04. The summed E-state index contributed by atoms with van der Waals surface area (Å²) < 4.78 is 38.8. The average Bonchev–Trinajstić information content (AvgIpc) is 3.16. The highest BCUT2D eigenvalue weighted by Crippen LogP contribution is 2.33. The SMILES string of the molecule is O=C(CN1Cc2cc(F)ccc2Oc2cc(F)ccc2C1)NCC1CCCO1. The van der Waals surface area contributed by atoms with Crippen LogP contribution in [0.25, 0.3) is 0 Å². The third kappa shape index (κ3) is 4.48. The topological polar surface area (TPSA) is 50.8 Å². The zero-order valence-electron chi connectivity index (χ0n) is 15.4. The van der Waals surface area contributed by atoms with E-state index in [9.17, 15) is 13.6 Å². The van der Waals surface area contributed by atoms with Crippen molar-refractivity contribution in [3.8, 4) is 11.5 Å². The molecule has 7 heteroatoms. The van der Waals surface area contributed by atoms with Gasteiger partial charge in [-0.1, -0.05) is 6.07 Å². The molecule has 0 aliphatic carbocycles. The van der Waals surface area contributed by atoms with Crippen molar-refractivity contribution in [2.24, 2.45) is 0 Å². The minimum Gasteiger partial charge on any atom is -0.457 e. The summed E-state index contributed by atoms with van der Waals surface area (Å²) in [5.41, 5.74) is 1.38. The highest BCUT2D eigenvalue weighted by atomic mass is 19.1. The summed E-state index contributed by atoms with van der Waals surface area (Å²) in [6.45, 7) is 2.10. The molecule has 148 valence electrons. The smallest absolute Gasteiger partial charge is 0.234 e. The van der Waals surface area contributed by atoms with Crippen LogP contribution in [0.15, 0.2) is 36.4 Å². The molecule has 1 unspecified atom stereocenters. The Kier molecular flexibility index (Phi) is 5.54. The Morgan fingerprint density at radius 3 is 2.68 bits per heavy atom. The van der Waals surface area contributed by atoms with E-state index in [1.54, 1.807) is 6.07 Å². The van der Waals surface area contributed by atoms with Crippen LogP contribution in [-0.4, -0.2) is 36.6 Å². The lowest BCUT2D eigenvalue weighted by atomic mass is 10.1. The summed E-state index contributed by atoms with van der Waals surface area (Å²) in [6, 6.07) is 8.54. The first-order valence-electron chi connectivity index (χ1n) is 9.42. The number of rotatable bonds is 4. The van der Waals surface area contributed by atoms with E-state index in [4.69, 9.17) is 9.47 Å². The minimum absolute atomic E-state index is 0.0724. The summed E-state index contributed by atoms with van der Waals surface area (Å²) in [5.74, 6) is -0.0948. The normalized spacial score (nSPS) is 19.1. The molecule has 0 radical (unpaired) electrons. The van der Waals surface area contributed by atoms with E-state index in [0.29, 0.717) is 36.7 Å². The van der Waals surface area contributed by atoms with Crippen molar-refractivity contribution in [2.75, 3.05) is 19.7 Å². The molecule has 2 heterocycles. The van der Waals surface area contributed by atoms with Crippen LogP contribution in [0, 0.1) is 11.6 Å². The summed E-state index contributed by atoms with van der Waals surface area (Å²) in [5, 5.41) is 2.91. The molecule has 0 bridgehead atoms. The zero-order valence-corrected chi connectivity index (χ0v) is 15.4. The molecular formula is C21H22F2N2O3. The average molecular weight is 388 g/mol. The number of hydrogen-bond donors (Lipinski definition) is 1. The number of amides is 1. The number of ether oxygens (including phenoxy) is 2. The van der Waals surface area contributed by atoms with E-state index in [1.165, 1.54) is 30.3 Å². The number of nitrogens with one attached hydrogen (secondary N) is 1. The number of halogens is 2. The van der Waals surface area contributed by atoms with Gasteiger partial charge in [-0.15, -0.1) is 0 Å². The highest BCUT2D eigenvalue weighted by Gasteiger charge is 2.22. The molecule has 1 fully saturated rings. The number of carbonyl (C=O) groups is 1. The largest absolute Gasteiger partial charge is 0.457 e. The minimum atomic E-state index is -0.413. The molecule has 1 amide bonds.